The molecule has 0 aliphatic rings. The number of furan rings is 1. The van der Waals surface area contributed by atoms with Crippen LogP contribution in [0.15, 0.2) is 47.1 Å². The van der Waals surface area contributed by atoms with Gasteiger partial charge in [-0.15, -0.1) is 5.10 Å². The van der Waals surface area contributed by atoms with Crippen LogP contribution in [0.3, 0.4) is 0 Å². The third-order valence-electron chi connectivity index (χ3n) is 3.57. The minimum atomic E-state index is -0.416. The van der Waals surface area contributed by atoms with Gasteiger partial charge in [-0.05, 0) is 30.7 Å². The number of hydrogen-bond donors (Lipinski definition) is 0. The molecule has 0 saturated carbocycles. The van der Waals surface area contributed by atoms with Gasteiger partial charge in [0, 0.05) is 5.56 Å². The summed E-state index contributed by atoms with van der Waals surface area (Å²) in [6.07, 6.45) is 3.32. The van der Waals surface area contributed by atoms with Crippen molar-refractivity contribution in [2.24, 2.45) is 0 Å². The highest BCUT2D eigenvalue weighted by molar-refractivity contribution is 5.94. The van der Waals surface area contributed by atoms with Crippen LogP contribution in [0.1, 0.15) is 30.3 Å². The lowest BCUT2D eigenvalue weighted by Crippen LogP contribution is -2.14. The Kier molecular flexibility index (Phi) is 5.13. The lowest BCUT2D eigenvalue weighted by molar-refractivity contribution is 0.0917. The monoisotopic (exact) mass is 341 g/mol. The van der Waals surface area contributed by atoms with Gasteiger partial charge in [-0.1, -0.05) is 25.5 Å². The van der Waals surface area contributed by atoms with Gasteiger partial charge in [0.2, 0.25) is 0 Å². The first-order chi connectivity index (χ1) is 12.2. The second kappa shape index (κ2) is 7.65. The van der Waals surface area contributed by atoms with E-state index in [2.05, 4.69) is 17.0 Å². The zero-order valence-corrected chi connectivity index (χ0v) is 14.1. The lowest BCUT2D eigenvalue weighted by atomic mass is 10.2. The second-order valence-electron chi connectivity index (χ2n) is 5.35. The molecule has 3 rings (SSSR count). The minimum absolute atomic E-state index is 0.158. The molecule has 1 aromatic carbocycles. The molecule has 130 valence electrons. The Morgan fingerprint density at radius 3 is 2.88 bits per heavy atom. The third kappa shape index (κ3) is 3.71. The predicted octanol–water partition coefficient (Wildman–Crippen LogP) is 3.41. The van der Waals surface area contributed by atoms with Crippen LogP contribution in [-0.4, -0.2) is 34.4 Å². The van der Waals surface area contributed by atoms with E-state index in [1.165, 1.54) is 10.9 Å². The topological polar surface area (TPSA) is 79.4 Å². The molecule has 0 saturated heterocycles. The number of carbonyl (C=O) groups is 1. The Hall–Kier alpha value is -3.09. The van der Waals surface area contributed by atoms with E-state index in [4.69, 9.17) is 13.9 Å². The quantitative estimate of drug-likeness (QED) is 0.613. The largest absolute Gasteiger partial charge is 0.497 e. The van der Waals surface area contributed by atoms with Crippen molar-refractivity contribution in [3.63, 3.8) is 0 Å². The van der Waals surface area contributed by atoms with Crippen LogP contribution in [0.2, 0.25) is 0 Å². The number of aromatic nitrogens is 3. The van der Waals surface area contributed by atoms with Crippen molar-refractivity contribution in [1.82, 2.24) is 14.8 Å². The highest BCUT2D eigenvalue weighted by Gasteiger charge is 2.22. The highest BCUT2D eigenvalue weighted by atomic mass is 16.5. The van der Waals surface area contributed by atoms with E-state index >= 15 is 0 Å². The van der Waals surface area contributed by atoms with E-state index < -0.39 is 5.91 Å². The maximum atomic E-state index is 12.7. The molecule has 0 fully saturated rings. The average molecular weight is 341 g/mol. The molecule has 0 spiro atoms. The van der Waals surface area contributed by atoms with E-state index in [9.17, 15) is 4.79 Å². The molecule has 0 bridgehead atoms. The fourth-order valence-electron chi connectivity index (χ4n) is 2.26. The molecule has 7 nitrogen and oxygen atoms in total. The molecule has 0 aliphatic carbocycles. The van der Waals surface area contributed by atoms with E-state index in [1.54, 1.807) is 25.3 Å². The summed E-state index contributed by atoms with van der Waals surface area (Å²) >= 11 is 0. The summed E-state index contributed by atoms with van der Waals surface area (Å²) in [5, 5.41) is 4.20. The van der Waals surface area contributed by atoms with Crippen LogP contribution in [0.5, 0.6) is 11.8 Å². The number of rotatable bonds is 7. The molecule has 2 aromatic heterocycles. The maximum Gasteiger partial charge on any atom is 0.336 e. The zero-order valence-electron chi connectivity index (χ0n) is 14.1. The molecule has 3 aromatic rings. The average Bonchev–Trinajstić information content (AvgIpc) is 3.31. The first-order valence-corrected chi connectivity index (χ1v) is 8.05. The first kappa shape index (κ1) is 16.8. The van der Waals surface area contributed by atoms with Crippen molar-refractivity contribution in [1.29, 1.82) is 0 Å². The molecule has 0 N–H and O–H groups in total. The number of benzene rings is 1. The number of ether oxygens (including phenoxy) is 2. The van der Waals surface area contributed by atoms with Crippen molar-refractivity contribution in [3.05, 3.63) is 48.4 Å². The molecule has 0 aliphatic heterocycles. The van der Waals surface area contributed by atoms with E-state index in [0.29, 0.717) is 23.7 Å². The molecule has 7 heteroatoms. The summed E-state index contributed by atoms with van der Waals surface area (Å²) in [4.78, 5) is 17.0. The maximum absolute atomic E-state index is 12.7. The number of carbonyl (C=O) groups excluding carboxylic acids is 1. The van der Waals surface area contributed by atoms with Gasteiger partial charge in [-0.2, -0.15) is 9.67 Å². The Labute approximate surface area is 145 Å². The number of nitrogens with zero attached hydrogens (tertiary/aromatic N) is 3. The third-order valence-corrected chi connectivity index (χ3v) is 3.57. The van der Waals surface area contributed by atoms with Crippen LogP contribution in [0, 0.1) is 0 Å². The molecule has 0 unspecified atom stereocenters. The van der Waals surface area contributed by atoms with Crippen molar-refractivity contribution in [2.45, 2.75) is 19.8 Å². The molecule has 2 heterocycles. The standard InChI is InChI=1S/C18H19N3O4/c1-3-4-10-25-18-19-16(13-7-5-8-14(12-13)23-2)21(20-18)17(22)15-9-6-11-24-15/h5-9,11-12H,3-4,10H2,1-2H3. The fourth-order valence-corrected chi connectivity index (χ4v) is 2.26. The van der Waals surface area contributed by atoms with Crippen molar-refractivity contribution < 1.29 is 18.7 Å². The smallest absolute Gasteiger partial charge is 0.336 e. The number of methoxy groups -OCH3 is 1. The van der Waals surface area contributed by atoms with E-state index in [-0.39, 0.29) is 11.8 Å². The van der Waals surface area contributed by atoms with Crippen LogP contribution < -0.4 is 9.47 Å². The molecule has 0 radical (unpaired) electrons. The molecule has 0 amide bonds. The summed E-state index contributed by atoms with van der Waals surface area (Å²) in [6.45, 7) is 2.56. The van der Waals surface area contributed by atoms with Gasteiger partial charge < -0.3 is 13.9 Å². The van der Waals surface area contributed by atoms with Gasteiger partial charge in [0.05, 0.1) is 20.0 Å². The fraction of sp³-hybridized carbons (Fsp3) is 0.278. The van der Waals surface area contributed by atoms with Gasteiger partial charge in [-0.3, -0.25) is 4.79 Å². The molecule has 0 atom stereocenters. The summed E-state index contributed by atoms with van der Waals surface area (Å²) in [5.41, 5.74) is 0.692. The van der Waals surface area contributed by atoms with Gasteiger partial charge in [0.1, 0.15) is 5.75 Å². The lowest BCUT2D eigenvalue weighted by Gasteiger charge is -2.04. The Morgan fingerprint density at radius 1 is 1.28 bits per heavy atom. The summed E-state index contributed by atoms with van der Waals surface area (Å²) in [6, 6.07) is 10.6. The van der Waals surface area contributed by atoms with Gasteiger partial charge in [0.25, 0.3) is 0 Å². The Bertz CT molecular complexity index is 840. The Morgan fingerprint density at radius 2 is 2.16 bits per heavy atom. The van der Waals surface area contributed by atoms with Crippen molar-refractivity contribution in [3.8, 4) is 23.1 Å². The number of unbranched alkanes of at least 4 members (excludes halogenated alkanes) is 1. The van der Waals surface area contributed by atoms with Gasteiger partial charge in [-0.25, -0.2) is 0 Å². The zero-order chi connectivity index (χ0) is 17.6. The minimum Gasteiger partial charge on any atom is -0.497 e. The SMILES string of the molecule is CCCCOc1nc(-c2cccc(OC)c2)n(C(=O)c2ccco2)n1. The van der Waals surface area contributed by atoms with E-state index in [1.807, 2.05) is 18.2 Å². The summed E-state index contributed by atoms with van der Waals surface area (Å²) in [7, 11) is 1.58. The second-order valence-corrected chi connectivity index (χ2v) is 5.35. The molecular weight excluding hydrogens is 322 g/mol. The van der Waals surface area contributed by atoms with E-state index in [0.717, 1.165) is 12.8 Å². The van der Waals surface area contributed by atoms with Crippen molar-refractivity contribution in [2.75, 3.05) is 13.7 Å². The van der Waals surface area contributed by atoms with Crippen LogP contribution in [0.25, 0.3) is 11.4 Å². The summed E-state index contributed by atoms with van der Waals surface area (Å²) < 4.78 is 17.2. The van der Waals surface area contributed by atoms with Gasteiger partial charge >= 0.3 is 11.9 Å². The van der Waals surface area contributed by atoms with Crippen LogP contribution in [-0.2, 0) is 0 Å². The van der Waals surface area contributed by atoms with Crippen molar-refractivity contribution >= 4 is 5.91 Å². The summed E-state index contributed by atoms with van der Waals surface area (Å²) in [5.74, 6) is 0.785. The normalized spacial score (nSPS) is 10.6. The molecule has 25 heavy (non-hydrogen) atoms. The number of hydrogen-bond acceptors (Lipinski definition) is 6. The first-order valence-electron chi connectivity index (χ1n) is 8.05. The highest BCUT2D eigenvalue weighted by Crippen LogP contribution is 2.25. The van der Waals surface area contributed by atoms with Crippen LogP contribution >= 0.6 is 0 Å². The molecular formula is C18H19N3O4. The van der Waals surface area contributed by atoms with Gasteiger partial charge in [0.15, 0.2) is 11.6 Å². The van der Waals surface area contributed by atoms with Crippen LogP contribution in [0.4, 0.5) is 0 Å². The Balaban J connectivity index is 2.00. The predicted molar refractivity (Wildman–Crippen MR) is 90.8 cm³/mol.